The van der Waals surface area contributed by atoms with E-state index in [4.69, 9.17) is 21.7 Å². The number of hydrogen-bond acceptors (Lipinski definition) is 3. The van der Waals surface area contributed by atoms with Crippen molar-refractivity contribution in [2.24, 2.45) is 0 Å². The van der Waals surface area contributed by atoms with Gasteiger partial charge in [0.05, 0.1) is 7.11 Å². The third-order valence-corrected chi connectivity index (χ3v) is 4.66. The number of hydrogen-bond donors (Lipinski definition) is 1. The maximum Gasteiger partial charge on any atom is 0.161 e. The maximum absolute atomic E-state index is 13.0. The molecule has 0 bridgehead atoms. The van der Waals surface area contributed by atoms with Crippen molar-refractivity contribution in [2.45, 2.75) is 13.0 Å². The molecule has 0 aliphatic rings. The first kappa shape index (κ1) is 19.8. The molecule has 0 atom stereocenters. The summed E-state index contributed by atoms with van der Waals surface area (Å²) in [7, 11) is 1.59. The van der Waals surface area contributed by atoms with Crippen molar-refractivity contribution in [1.29, 1.82) is 0 Å². The summed E-state index contributed by atoms with van der Waals surface area (Å²) in [6.07, 6.45) is 0.900. The largest absolute Gasteiger partial charge is 0.493 e. The van der Waals surface area contributed by atoms with E-state index in [0.717, 1.165) is 24.1 Å². The van der Waals surface area contributed by atoms with Crippen molar-refractivity contribution >= 4 is 17.2 Å². The van der Waals surface area contributed by atoms with E-state index >= 15 is 0 Å². The molecule has 1 N–H and O–H groups in total. The third kappa shape index (κ3) is 5.54. The monoisotopic (exact) mass is 395 g/mol. The van der Waals surface area contributed by atoms with Crippen LogP contribution in [0.2, 0.25) is 0 Å². The molecule has 0 aliphatic carbocycles. The lowest BCUT2D eigenvalue weighted by Gasteiger charge is -2.14. The van der Waals surface area contributed by atoms with Crippen molar-refractivity contribution in [3.63, 3.8) is 0 Å². The van der Waals surface area contributed by atoms with Gasteiger partial charge >= 0.3 is 0 Å². The molecule has 0 radical (unpaired) electrons. The van der Waals surface area contributed by atoms with Crippen LogP contribution >= 0.6 is 12.2 Å². The molecule has 0 heterocycles. The molecule has 3 nitrogen and oxygen atoms in total. The summed E-state index contributed by atoms with van der Waals surface area (Å²) in [4.78, 5) is 0.666. The lowest BCUT2D eigenvalue weighted by molar-refractivity contribution is 0.284. The number of thiocarbonyl (C=S) groups is 1. The minimum absolute atomic E-state index is 0.265. The predicted octanol–water partition coefficient (Wildman–Crippen LogP) is 4.92. The zero-order chi connectivity index (χ0) is 19.8. The Hall–Kier alpha value is -2.92. The molecule has 3 aromatic rings. The van der Waals surface area contributed by atoms with Gasteiger partial charge in [-0.3, -0.25) is 0 Å². The van der Waals surface area contributed by atoms with Gasteiger partial charge in [0.25, 0.3) is 0 Å². The van der Waals surface area contributed by atoms with Gasteiger partial charge in [0, 0.05) is 12.1 Å². The summed E-state index contributed by atoms with van der Waals surface area (Å²) in [6, 6.07) is 22.1. The fourth-order valence-electron chi connectivity index (χ4n) is 2.74. The average Bonchev–Trinajstić information content (AvgIpc) is 2.74. The molecular formula is C23H22FNO2S. The van der Waals surface area contributed by atoms with Crippen LogP contribution in [0.3, 0.4) is 0 Å². The average molecular weight is 395 g/mol. The van der Waals surface area contributed by atoms with Crippen molar-refractivity contribution < 1.29 is 13.9 Å². The maximum atomic E-state index is 13.0. The quantitative estimate of drug-likeness (QED) is 0.549. The van der Waals surface area contributed by atoms with Crippen LogP contribution in [-0.2, 0) is 13.0 Å². The lowest BCUT2D eigenvalue weighted by atomic mass is 10.1. The molecule has 0 unspecified atom stereocenters. The molecule has 28 heavy (non-hydrogen) atoms. The van der Waals surface area contributed by atoms with Crippen LogP contribution in [0.25, 0.3) is 0 Å². The van der Waals surface area contributed by atoms with Crippen molar-refractivity contribution in [2.75, 3.05) is 13.7 Å². The molecule has 0 aliphatic heterocycles. The molecule has 144 valence electrons. The fraction of sp³-hybridized carbons (Fsp3) is 0.174. The van der Waals surface area contributed by atoms with Crippen LogP contribution in [0, 0.1) is 5.82 Å². The Kier molecular flexibility index (Phi) is 6.98. The number of benzene rings is 3. The summed E-state index contributed by atoms with van der Waals surface area (Å²) in [6.45, 7) is 1.09. The van der Waals surface area contributed by atoms with Gasteiger partial charge < -0.3 is 14.8 Å². The van der Waals surface area contributed by atoms with E-state index in [2.05, 4.69) is 17.4 Å². The topological polar surface area (TPSA) is 30.5 Å². The second kappa shape index (κ2) is 9.85. The van der Waals surface area contributed by atoms with Gasteiger partial charge in [-0.1, -0.05) is 54.7 Å². The van der Waals surface area contributed by atoms with E-state index in [1.165, 1.54) is 17.7 Å². The number of rotatable bonds is 8. The van der Waals surface area contributed by atoms with E-state index in [1.807, 2.05) is 36.4 Å². The Bertz CT molecular complexity index is 914. The van der Waals surface area contributed by atoms with E-state index < -0.39 is 0 Å². The molecule has 3 rings (SSSR count). The Morgan fingerprint density at radius 2 is 1.68 bits per heavy atom. The first-order chi connectivity index (χ1) is 13.7. The lowest BCUT2D eigenvalue weighted by Crippen LogP contribution is -2.24. The molecule has 0 aromatic heterocycles. The highest BCUT2D eigenvalue weighted by molar-refractivity contribution is 7.80. The molecule has 0 spiro atoms. The normalized spacial score (nSPS) is 10.4. The number of methoxy groups -OCH3 is 1. The molecular weight excluding hydrogens is 373 g/mol. The van der Waals surface area contributed by atoms with E-state index in [9.17, 15) is 4.39 Å². The van der Waals surface area contributed by atoms with Gasteiger partial charge in [-0.25, -0.2) is 4.39 Å². The van der Waals surface area contributed by atoms with E-state index in [-0.39, 0.29) is 5.82 Å². The van der Waals surface area contributed by atoms with Gasteiger partial charge in [0.2, 0.25) is 0 Å². The van der Waals surface area contributed by atoms with Gasteiger partial charge in [-0.05, 0) is 47.9 Å². The van der Waals surface area contributed by atoms with Crippen LogP contribution in [0.5, 0.6) is 11.5 Å². The number of ether oxygens (including phenoxy) is 2. The first-order valence-corrected chi connectivity index (χ1v) is 9.44. The summed E-state index contributed by atoms with van der Waals surface area (Å²) >= 11 is 5.50. The summed E-state index contributed by atoms with van der Waals surface area (Å²) < 4.78 is 24.3. The molecule has 0 saturated carbocycles. The zero-order valence-electron chi connectivity index (χ0n) is 15.7. The van der Waals surface area contributed by atoms with E-state index in [0.29, 0.717) is 23.1 Å². The number of nitrogens with one attached hydrogen (secondary N) is 1. The Balaban J connectivity index is 1.58. The smallest absolute Gasteiger partial charge is 0.161 e. The summed E-state index contributed by atoms with van der Waals surface area (Å²) in [5.74, 6) is 0.952. The first-order valence-electron chi connectivity index (χ1n) is 9.03. The van der Waals surface area contributed by atoms with Crippen LogP contribution < -0.4 is 14.8 Å². The van der Waals surface area contributed by atoms with Crippen LogP contribution in [-0.4, -0.2) is 18.6 Å². The highest BCUT2D eigenvalue weighted by Gasteiger charge is 2.09. The van der Waals surface area contributed by atoms with Crippen molar-refractivity contribution in [1.82, 2.24) is 5.32 Å². The van der Waals surface area contributed by atoms with Gasteiger partial charge in [-0.15, -0.1) is 0 Å². The van der Waals surface area contributed by atoms with Crippen molar-refractivity contribution in [3.8, 4) is 11.5 Å². The van der Waals surface area contributed by atoms with E-state index in [1.54, 1.807) is 19.2 Å². The van der Waals surface area contributed by atoms with Crippen LogP contribution in [0.1, 0.15) is 16.7 Å². The van der Waals surface area contributed by atoms with Gasteiger partial charge in [0.1, 0.15) is 17.4 Å². The number of halogens is 1. The molecule has 0 fully saturated rings. The molecule has 0 amide bonds. The Morgan fingerprint density at radius 1 is 0.929 bits per heavy atom. The standard InChI is InChI=1S/C23H22FNO2S/c1-26-22-15-19(23(28)25-14-13-17-5-3-2-4-6-17)9-12-21(22)27-16-18-7-10-20(24)11-8-18/h2-12,15H,13-14,16H2,1H3,(H,25,28). The molecule has 3 aromatic carbocycles. The Labute approximate surface area is 170 Å². The summed E-state index contributed by atoms with van der Waals surface area (Å²) in [5.41, 5.74) is 3.01. The van der Waals surface area contributed by atoms with Crippen LogP contribution in [0.15, 0.2) is 72.8 Å². The SMILES string of the molecule is COc1cc(C(=S)NCCc2ccccc2)ccc1OCc1ccc(F)cc1. The minimum atomic E-state index is -0.265. The fourth-order valence-corrected chi connectivity index (χ4v) is 2.97. The predicted molar refractivity (Wildman–Crippen MR) is 114 cm³/mol. The second-order valence-electron chi connectivity index (χ2n) is 6.27. The molecule has 0 saturated heterocycles. The molecule has 5 heteroatoms. The summed E-state index contributed by atoms with van der Waals surface area (Å²) in [5, 5.41) is 3.28. The highest BCUT2D eigenvalue weighted by atomic mass is 32.1. The van der Waals surface area contributed by atoms with Crippen LogP contribution in [0.4, 0.5) is 4.39 Å². The van der Waals surface area contributed by atoms with Gasteiger partial charge in [0.15, 0.2) is 11.5 Å². The van der Waals surface area contributed by atoms with Crippen molar-refractivity contribution in [3.05, 3.63) is 95.3 Å². The third-order valence-electron chi connectivity index (χ3n) is 4.28. The Morgan fingerprint density at radius 3 is 2.39 bits per heavy atom. The minimum Gasteiger partial charge on any atom is -0.493 e. The zero-order valence-corrected chi connectivity index (χ0v) is 16.5. The van der Waals surface area contributed by atoms with Gasteiger partial charge in [-0.2, -0.15) is 0 Å². The second-order valence-corrected chi connectivity index (χ2v) is 6.68. The highest BCUT2D eigenvalue weighted by Crippen LogP contribution is 2.29.